The van der Waals surface area contributed by atoms with Crippen LogP contribution in [0.1, 0.15) is 16.8 Å². The molecule has 6 nitrogen and oxygen atoms in total. The number of hydrogen-bond donors (Lipinski definition) is 1. The Morgan fingerprint density at radius 2 is 2.00 bits per heavy atom. The molecule has 2 heterocycles. The van der Waals surface area contributed by atoms with Crippen LogP contribution in [0, 0.1) is 5.92 Å². The molecule has 1 aliphatic rings. The van der Waals surface area contributed by atoms with Crippen molar-refractivity contribution >= 4 is 22.9 Å². The fraction of sp³-hybridized carbons (Fsp3) is 0.286. The number of rotatable bonds is 3. The first-order valence-electron chi connectivity index (χ1n) is 6.36. The van der Waals surface area contributed by atoms with E-state index in [-0.39, 0.29) is 18.2 Å². The van der Waals surface area contributed by atoms with Crippen molar-refractivity contribution in [3.8, 4) is 0 Å². The number of hydrogen-bond acceptors (Lipinski definition) is 4. The van der Waals surface area contributed by atoms with Crippen LogP contribution in [0.15, 0.2) is 30.6 Å². The summed E-state index contributed by atoms with van der Waals surface area (Å²) in [6.45, 7) is 0.976. The average molecular weight is 271 g/mol. The SMILES string of the molecule is O=C(O)CC1CN(C(=O)c2cccc3nccnc23)C1. The van der Waals surface area contributed by atoms with Gasteiger partial charge in [-0.1, -0.05) is 6.07 Å². The minimum absolute atomic E-state index is 0.0533. The second-order valence-electron chi connectivity index (χ2n) is 4.90. The molecular weight excluding hydrogens is 258 g/mol. The average Bonchev–Trinajstić information content (AvgIpc) is 2.41. The number of benzene rings is 1. The summed E-state index contributed by atoms with van der Waals surface area (Å²) in [5.74, 6) is -0.881. The second kappa shape index (κ2) is 4.88. The van der Waals surface area contributed by atoms with E-state index in [0.29, 0.717) is 29.7 Å². The lowest BCUT2D eigenvalue weighted by molar-refractivity contribution is -0.139. The first-order valence-corrected chi connectivity index (χ1v) is 6.36. The molecule has 20 heavy (non-hydrogen) atoms. The van der Waals surface area contributed by atoms with Crippen LogP contribution in [-0.4, -0.2) is 44.9 Å². The molecule has 2 aromatic rings. The van der Waals surface area contributed by atoms with Gasteiger partial charge in [0.05, 0.1) is 17.5 Å². The third-order valence-electron chi connectivity index (χ3n) is 3.44. The molecule has 1 saturated heterocycles. The molecule has 1 aromatic heterocycles. The lowest BCUT2D eigenvalue weighted by Crippen LogP contribution is -2.50. The van der Waals surface area contributed by atoms with Crippen LogP contribution < -0.4 is 0 Å². The molecule has 0 aliphatic carbocycles. The number of aliphatic carboxylic acids is 1. The molecule has 0 bridgehead atoms. The molecule has 102 valence electrons. The third kappa shape index (κ3) is 2.20. The lowest BCUT2D eigenvalue weighted by atomic mass is 9.95. The van der Waals surface area contributed by atoms with Crippen LogP contribution in [-0.2, 0) is 4.79 Å². The molecule has 0 saturated carbocycles. The van der Waals surface area contributed by atoms with Gasteiger partial charge < -0.3 is 10.0 Å². The van der Waals surface area contributed by atoms with Gasteiger partial charge in [0.1, 0.15) is 5.52 Å². The molecule has 3 rings (SSSR count). The summed E-state index contributed by atoms with van der Waals surface area (Å²) in [4.78, 5) is 33.0. The maximum absolute atomic E-state index is 12.4. The van der Waals surface area contributed by atoms with Crippen molar-refractivity contribution in [1.82, 2.24) is 14.9 Å². The summed E-state index contributed by atoms with van der Waals surface area (Å²) in [5.41, 5.74) is 1.78. The molecule has 0 spiro atoms. The number of likely N-dealkylation sites (tertiary alicyclic amines) is 1. The quantitative estimate of drug-likeness (QED) is 0.906. The largest absolute Gasteiger partial charge is 0.481 e. The Balaban J connectivity index is 1.79. The number of nitrogens with zero attached hydrogens (tertiary/aromatic N) is 3. The van der Waals surface area contributed by atoms with Crippen molar-refractivity contribution in [1.29, 1.82) is 0 Å². The highest BCUT2D eigenvalue weighted by Gasteiger charge is 2.33. The Kier molecular flexibility index (Phi) is 3.06. The van der Waals surface area contributed by atoms with Crippen molar-refractivity contribution in [3.63, 3.8) is 0 Å². The van der Waals surface area contributed by atoms with E-state index in [1.807, 2.05) is 6.07 Å². The van der Waals surface area contributed by atoms with Crippen LogP contribution >= 0.6 is 0 Å². The Morgan fingerprint density at radius 1 is 1.25 bits per heavy atom. The van der Waals surface area contributed by atoms with Crippen LogP contribution in [0.4, 0.5) is 0 Å². The van der Waals surface area contributed by atoms with Gasteiger partial charge in [-0.2, -0.15) is 0 Å². The van der Waals surface area contributed by atoms with Crippen molar-refractivity contribution in [2.45, 2.75) is 6.42 Å². The van der Waals surface area contributed by atoms with Gasteiger partial charge in [0.2, 0.25) is 0 Å². The first kappa shape index (κ1) is 12.5. The van der Waals surface area contributed by atoms with E-state index < -0.39 is 5.97 Å². The number of fused-ring (bicyclic) bond motifs is 1. The number of carboxylic acids is 1. The zero-order valence-electron chi connectivity index (χ0n) is 10.7. The first-order chi connectivity index (χ1) is 9.65. The summed E-state index contributed by atoms with van der Waals surface area (Å²) < 4.78 is 0. The van der Waals surface area contributed by atoms with Gasteiger partial charge in [-0.3, -0.25) is 19.6 Å². The fourth-order valence-electron chi connectivity index (χ4n) is 2.45. The topological polar surface area (TPSA) is 83.4 Å². The standard InChI is InChI=1S/C14H13N3O3/c18-12(19)6-9-7-17(8-9)14(20)10-2-1-3-11-13(10)16-5-4-15-11/h1-5,9H,6-8H2,(H,18,19). The zero-order chi connectivity index (χ0) is 14.1. The maximum atomic E-state index is 12.4. The maximum Gasteiger partial charge on any atom is 0.303 e. The van der Waals surface area contributed by atoms with E-state index in [4.69, 9.17) is 5.11 Å². The predicted octanol–water partition coefficient (Wildman–Crippen LogP) is 1.18. The smallest absolute Gasteiger partial charge is 0.303 e. The number of carbonyl (C=O) groups is 2. The van der Waals surface area contributed by atoms with Crippen molar-refractivity contribution in [2.75, 3.05) is 13.1 Å². The van der Waals surface area contributed by atoms with E-state index in [1.165, 1.54) is 0 Å². The van der Waals surface area contributed by atoms with Gasteiger partial charge in [0.15, 0.2) is 0 Å². The molecule has 1 fully saturated rings. The van der Waals surface area contributed by atoms with Crippen molar-refractivity contribution < 1.29 is 14.7 Å². The number of para-hydroxylation sites is 1. The Bertz CT molecular complexity index is 675. The minimum atomic E-state index is -0.821. The van der Waals surface area contributed by atoms with Gasteiger partial charge in [0.25, 0.3) is 5.91 Å². The Hall–Kier alpha value is -2.50. The highest BCUT2D eigenvalue weighted by atomic mass is 16.4. The minimum Gasteiger partial charge on any atom is -0.481 e. The highest BCUT2D eigenvalue weighted by Crippen LogP contribution is 2.23. The van der Waals surface area contributed by atoms with Crippen LogP contribution in [0.5, 0.6) is 0 Å². The summed E-state index contributed by atoms with van der Waals surface area (Å²) in [6.07, 6.45) is 3.25. The normalized spacial score (nSPS) is 15.1. The van der Waals surface area contributed by atoms with Gasteiger partial charge in [-0.05, 0) is 12.1 Å². The van der Waals surface area contributed by atoms with Crippen LogP contribution in [0.2, 0.25) is 0 Å². The van der Waals surface area contributed by atoms with Crippen LogP contribution in [0.25, 0.3) is 11.0 Å². The summed E-state index contributed by atoms with van der Waals surface area (Å²) in [7, 11) is 0. The molecule has 0 unspecified atom stereocenters. The highest BCUT2D eigenvalue weighted by molar-refractivity contribution is 6.04. The van der Waals surface area contributed by atoms with Crippen LogP contribution in [0.3, 0.4) is 0 Å². The van der Waals surface area contributed by atoms with Gasteiger partial charge in [-0.25, -0.2) is 0 Å². The van der Waals surface area contributed by atoms with E-state index in [9.17, 15) is 9.59 Å². The number of carboxylic acid groups (broad SMARTS) is 1. The molecule has 1 N–H and O–H groups in total. The molecule has 1 aliphatic heterocycles. The van der Waals surface area contributed by atoms with Gasteiger partial charge in [-0.15, -0.1) is 0 Å². The lowest BCUT2D eigenvalue weighted by Gasteiger charge is -2.38. The van der Waals surface area contributed by atoms with E-state index in [2.05, 4.69) is 9.97 Å². The number of aromatic nitrogens is 2. The van der Waals surface area contributed by atoms with Gasteiger partial charge >= 0.3 is 5.97 Å². The Labute approximate surface area is 115 Å². The summed E-state index contributed by atoms with van der Waals surface area (Å²) in [5, 5.41) is 8.71. The Morgan fingerprint density at radius 3 is 2.75 bits per heavy atom. The molecule has 6 heteroatoms. The predicted molar refractivity (Wildman–Crippen MR) is 71.2 cm³/mol. The molecule has 0 atom stereocenters. The molecule has 1 aromatic carbocycles. The van der Waals surface area contributed by atoms with Gasteiger partial charge in [0, 0.05) is 31.4 Å². The monoisotopic (exact) mass is 271 g/mol. The third-order valence-corrected chi connectivity index (χ3v) is 3.44. The van der Waals surface area contributed by atoms with Crippen molar-refractivity contribution in [3.05, 3.63) is 36.2 Å². The molecular formula is C14H13N3O3. The molecule has 0 radical (unpaired) electrons. The second-order valence-corrected chi connectivity index (χ2v) is 4.90. The summed E-state index contributed by atoms with van der Waals surface area (Å²) in [6, 6.07) is 5.31. The summed E-state index contributed by atoms with van der Waals surface area (Å²) >= 11 is 0. The number of amides is 1. The molecule has 1 amide bonds. The zero-order valence-corrected chi connectivity index (χ0v) is 10.7. The fourth-order valence-corrected chi connectivity index (χ4v) is 2.45. The van der Waals surface area contributed by atoms with Crippen molar-refractivity contribution in [2.24, 2.45) is 5.92 Å². The van der Waals surface area contributed by atoms with E-state index in [0.717, 1.165) is 0 Å². The van der Waals surface area contributed by atoms with E-state index in [1.54, 1.807) is 29.4 Å². The van der Waals surface area contributed by atoms with E-state index >= 15 is 0 Å². The number of carbonyl (C=O) groups excluding carboxylic acids is 1.